The first-order valence-corrected chi connectivity index (χ1v) is 6.24. The number of nitrogens with two attached hydrogens (primary N) is 1. The van der Waals surface area contributed by atoms with Gasteiger partial charge in [0.15, 0.2) is 0 Å². The molecule has 0 aromatic carbocycles. The van der Waals surface area contributed by atoms with Crippen LogP contribution in [0.15, 0.2) is 0 Å². The number of rotatable bonds is 5. The van der Waals surface area contributed by atoms with Crippen LogP contribution >= 0.6 is 0 Å². The van der Waals surface area contributed by atoms with Crippen molar-refractivity contribution in [2.75, 3.05) is 6.61 Å². The Morgan fingerprint density at radius 2 is 2.25 bits per heavy atom. The van der Waals surface area contributed by atoms with Gasteiger partial charge in [-0.05, 0) is 39.5 Å². The number of hydrogen-bond donors (Lipinski definition) is 2. The summed E-state index contributed by atoms with van der Waals surface area (Å²) in [6, 6.07) is 0.485. The zero-order chi connectivity index (χ0) is 12.0. The number of nitrogens with one attached hydrogen (secondary N) is 1. The first-order chi connectivity index (χ1) is 7.58. The van der Waals surface area contributed by atoms with Gasteiger partial charge in [0.05, 0.1) is 12.7 Å². The molecule has 16 heavy (non-hydrogen) atoms. The van der Waals surface area contributed by atoms with Crippen LogP contribution in [0.25, 0.3) is 0 Å². The van der Waals surface area contributed by atoms with Crippen LogP contribution < -0.4 is 11.1 Å². The summed E-state index contributed by atoms with van der Waals surface area (Å²) in [5.41, 5.74) is 5.86. The molecule has 0 radical (unpaired) electrons. The lowest BCUT2D eigenvalue weighted by Crippen LogP contribution is -2.34. The molecule has 2 unspecified atom stereocenters. The second kappa shape index (κ2) is 6.86. The second-order valence-corrected chi connectivity index (χ2v) is 4.89. The lowest BCUT2D eigenvalue weighted by atomic mass is 9.94. The van der Waals surface area contributed by atoms with Crippen LogP contribution in [0.5, 0.6) is 0 Å². The number of ether oxygens (including phenoxy) is 1. The lowest BCUT2D eigenvalue weighted by Gasteiger charge is -2.26. The molecule has 3 N–H and O–H groups in total. The fourth-order valence-electron chi connectivity index (χ4n) is 2.04. The molecule has 1 aliphatic carbocycles. The van der Waals surface area contributed by atoms with E-state index in [1.165, 1.54) is 0 Å². The average molecular weight is 228 g/mol. The van der Waals surface area contributed by atoms with Gasteiger partial charge in [-0.3, -0.25) is 4.79 Å². The summed E-state index contributed by atoms with van der Waals surface area (Å²) in [4.78, 5) is 11.3. The maximum atomic E-state index is 11.3. The number of carbonyl (C=O) groups is 1. The van der Waals surface area contributed by atoms with Gasteiger partial charge in [-0.15, -0.1) is 0 Å². The summed E-state index contributed by atoms with van der Waals surface area (Å²) in [6.45, 7) is 4.42. The molecule has 1 fully saturated rings. The Hall–Kier alpha value is -0.610. The van der Waals surface area contributed by atoms with Crippen LogP contribution in [0.3, 0.4) is 0 Å². The van der Waals surface area contributed by atoms with Crippen LogP contribution in [-0.4, -0.2) is 30.7 Å². The van der Waals surface area contributed by atoms with E-state index in [1.807, 2.05) is 13.8 Å². The highest BCUT2D eigenvalue weighted by atomic mass is 16.5. The molecule has 4 heteroatoms. The number of carbonyl (C=O) groups excluding carboxylic acids is 1. The molecule has 1 amide bonds. The van der Waals surface area contributed by atoms with Crippen LogP contribution in [0.1, 0.15) is 46.0 Å². The monoisotopic (exact) mass is 228 g/mol. The molecule has 4 nitrogen and oxygen atoms in total. The van der Waals surface area contributed by atoms with E-state index in [1.54, 1.807) is 0 Å². The minimum atomic E-state index is 0.0649. The molecule has 2 atom stereocenters. The highest BCUT2D eigenvalue weighted by molar-refractivity contribution is 5.76. The van der Waals surface area contributed by atoms with E-state index in [9.17, 15) is 4.79 Å². The van der Waals surface area contributed by atoms with E-state index >= 15 is 0 Å². The van der Waals surface area contributed by atoms with Crippen molar-refractivity contribution < 1.29 is 9.53 Å². The third-order valence-corrected chi connectivity index (χ3v) is 2.80. The second-order valence-electron chi connectivity index (χ2n) is 4.89. The molecule has 0 saturated heterocycles. The molecule has 1 rings (SSSR count). The van der Waals surface area contributed by atoms with Crippen LogP contribution in [0, 0.1) is 0 Å². The normalized spacial score (nSPS) is 25.8. The van der Waals surface area contributed by atoms with E-state index < -0.39 is 0 Å². The highest BCUT2D eigenvalue weighted by Crippen LogP contribution is 2.19. The molecular formula is C12H24N2O2. The summed E-state index contributed by atoms with van der Waals surface area (Å²) < 4.78 is 5.66. The van der Waals surface area contributed by atoms with Gasteiger partial charge in [0.1, 0.15) is 0 Å². The Balaban J connectivity index is 2.08. The minimum Gasteiger partial charge on any atom is -0.378 e. The van der Waals surface area contributed by atoms with Gasteiger partial charge in [-0.1, -0.05) is 0 Å². The Kier molecular flexibility index (Phi) is 5.77. The predicted molar refractivity (Wildman–Crippen MR) is 64.1 cm³/mol. The van der Waals surface area contributed by atoms with Gasteiger partial charge < -0.3 is 15.8 Å². The van der Waals surface area contributed by atoms with Gasteiger partial charge in [-0.25, -0.2) is 0 Å². The summed E-state index contributed by atoms with van der Waals surface area (Å²) >= 11 is 0. The van der Waals surface area contributed by atoms with E-state index in [-0.39, 0.29) is 24.1 Å². The van der Waals surface area contributed by atoms with Crippen LogP contribution in [0.4, 0.5) is 0 Å². The van der Waals surface area contributed by atoms with E-state index in [0.29, 0.717) is 13.0 Å². The quantitative estimate of drug-likeness (QED) is 0.743. The van der Waals surface area contributed by atoms with Crippen molar-refractivity contribution in [3.05, 3.63) is 0 Å². The Bertz CT molecular complexity index is 219. The number of hydrogen-bond acceptors (Lipinski definition) is 3. The van der Waals surface area contributed by atoms with Crippen molar-refractivity contribution in [2.24, 2.45) is 5.73 Å². The molecule has 0 aliphatic heterocycles. The highest BCUT2D eigenvalue weighted by Gasteiger charge is 2.19. The zero-order valence-corrected chi connectivity index (χ0v) is 10.4. The van der Waals surface area contributed by atoms with Crippen molar-refractivity contribution in [1.82, 2.24) is 5.32 Å². The van der Waals surface area contributed by atoms with Crippen molar-refractivity contribution in [3.8, 4) is 0 Å². The average Bonchev–Trinajstić information content (AvgIpc) is 2.16. The summed E-state index contributed by atoms with van der Waals surface area (Å²) in [6.07, 6.45) is 4.98. The molecule has 94 valence electrons. The van der Waals surface area contributed by atoms with E-state index in [2.05, 4.69) is 5.32 Å². The van der Waals surface area contributed by atoms with Crippen LogP contribution in [-0.2, 0) is 9.53 Å². The first-order valence-electron chi connectivity index (χ1n) is 6.24. The maximum absolute atomic E-state index is 11.3. The standard InChI is InChI=1S/C12H24N2O2/c1-9(2)14-12(15)6-7-16-11-5-3-4-10(13)8-11/h9-11H,3-8,13H2,1-2H3,(H,14,15). The van der Waals surface area contributed by atoms with Crippen LogP contribution in [0.2, 0.25) is 0 Å². The summed E-state index contributed by atoms with van der Waals surface area (Å²) in [5, 5.41) is 2.85. The minimum absolute atomic E-state index is 0.0649. The first kappa shape index (κ1) is 13.5. The summed E-state index contributed by atoms with van der Waals surface area (Å²) in [7, 11) is 0. The molecule has 1 aliphatic rings. The van der Waals surface area contributed by atoms with E-state index in [4.69, 9.17) is 10.5 Å². The molecule has 0 heterocycles. The maximum Gasteiger partial charge on any atom is 0.222 e. The van der Waals surface area contributed by atoms with Crippen molar-refractivity contribution in [2.45, 2.75) is 64.1 Å². The largest absolute Gasteiger partial charge is 0.378 e. The lowest BCUT2D eigenvalue weighted by molar-refractivity contribution is -0.123. The molecule has 0 aromatic rings. The fourth-order valence-corrected chi connectivity index (χ4v) is 2.04. The Labute approximate surface area is 97.9 Å². The topological polar surface area (TPSA) is 64.3 Å². The molecule has 0 aromatic heterocycles. The predicted octanol–water partition coefficient (Wildman–Crippen LogP) is 1.19. The third kappa shape index (κ3) is 5.47. The smallest absolute Gasteiger partial charge is 0.222 e. The van der Waals surface area contributed by atoms with Gasteiger partial charge in [0, 0.05) is 18.5 Å². The third-order valence-electron chi connectivity index (χ3n) is 2.80. The molecule has 0 bridgehead atoms. The zero-order valence-electron chi connectivity index (χ0n) is 10.4. The Morgan fingerprint density at radius 1 is 1.50 bits per heavy atom. The molecule has 1 saturated carbocycles. The molecule has 0 spiro atoms. The van der Waals surface area contributed by atoms with Crippen molar-refractivity contribution in [3.63, 3.8) is 0 Å². The van der Waals surface area contributed by atoms with Crippen molar-refractivity contribution >= 4 is 5.91 Å². The van der Waals surface area contributed by atoms with Gasteiger partial charge in [-0.2, -0.15) is 0 Å². The molecular weight excluding hydrogens is 204 g/mol. The van der Waals surface area contributed by atoms with E-state index in [0.717, 1.165) is 25.7 Å². The van der Waals surface area contributed by atoms with Gasteiger partial charge in [0.25, 0.3) is 0 Å². The SMILES string of the molecule is CC(C)NC(=O)CCOC1CCCC(N)C1. The fraction of sp³-hybridized carbons (Fsp3) is 0.917. The van der Waals surface area contributed by atoms with Gasteiger partial charge in [0.2, 0.25) is 5.91 Å². The van der Waals surface area contributed by atoms with Crippen molar-refractivity contribution in [1.29, 1.82) is 0 Å². The summed E-state index contributed by atoms with van der Waals surface area (Å²) in [5.74, 6) is 0.0649. The Morgan fingerprint density at radius 3 is 2.88 bits per heavy atom. The number of amides is 1. The van der Waals surface area contributed by atoms with Gasteiger partial charge >= 0.3 is 0 Å².